The topological polar surface area (TPSA) is 94.9 Å². The molecule has 0 aliphatic carbocycles. The van der Waals surface area contributed by atoms with Crippen LogP contribution in [0.15, 0.2) is 6.20 Å². The summed E-state index contributed by atoms with van der Waals surface area (Å²) in [5, 5.41) is 0.0498. The van der Waals surface area contributed by atoms with Crippen molar-refractivity contribution < 1.29 is 4.79 Å². The van der Waals surface area contributed by atoms with Gasteiger partial charge in [-0.2, -0.15) is 0 Å². The Labute approximate surface area is 79.1 Å². The Morgan fingerprint density at radius 3 is 2.85 bits per heavy atom. The van der Waals surface area contributed by atoms with Gasteiger partial charge in [-0.25, -0.2) is 9.97 Å². The standard InChI is InChI=1S/C7H5ClN4O/c8-7-4(1-2-6(10)13)11-3-5(9)12-7/h3H,(H2,9,12)(H2,10,13). The van der Waals surface area contributed by atoms with Gasteiger partial charge in [0.15, 0.2) is 10.8 Å². The Balaban J connectivity index is 3.05. The predicted octanol–water partition coefficient (Wildman–Crippen LogP) is -0.451. The summed E-state index contributed by atoms with van der Waals surface area (Å²) in [4.78, 5) is 17.7. The molecule has 13 heavy (non-hydrogen) atoms. The average Bonchev–Trinajstić information content (AvgIpc) is 2.02. The normalized spacial score (nSPS) is 8.69. The van der Waals surface area contributed by atoms with E-state index in [0.717, 1.165) is 0 Å². The summed E-state index contributed by atoms with van der Waals surface area (Å²) in [6, 6.07) is 0. The lowest BCUT2D eigenvalue weighted by Gasteiger charge is -1.94. The summed E-state index contributed by atoms with van der Waals surface area (Å²) in [6.07, 6.45) is 1.29. The molecule has 0 unspecified atom stereocenters. The second-order valence-electron chi connectivity index (χ2n) is 2.05. The maximum Gasteiger partial charge on any atom is 0.293 e. The highest BCUT2D eigenvalue weighted by atomic mass is 35.5. The molecule has 1 heterocycles. The van der Waals surface area contributed by atoms with Crippen LogP contribution in [0.4, 0.5) is 5.82 Å². The Kier molecular flexibility index (Phi) is 2.67. The van der Waals surface area contributed by atoms with Crippen LogP contribution in [0, 0.1) is 11.8 Å². The van der Waals surface area contributed by atoms with E-state index in [4.69, 9.17) is 23.1 Å². The van der Waals surface area contributed by atoms with E-state index in [-0.39, 0.29) is 16.7 Å². The highest BCUT2D eigenvalue weighted by Gasteiger charge is 1.99. The van der Waals surface area contributed by atoms with Crippen LogP contribution in [-0.2, 0) is 4.79 Å². The van der Waals surface area contributed by atoms with Gasteiger partial charge in [-0.05, 0) is 5.92 Å². The third kappa shape index (κ3) is 2.61. The van der Waals surface area contributed by atoms with Gasteiger partial charge < -0.3 is 11.5 Å². The molecule has 0 aromatic carbocycles. The summed E-state index contributed by atoms with van der Waals surface area (Å²) < 4.78 is 0. The first-order chi connectivity index (χ1) is 6.09. The van der Waals surface area contributed by atoms with E-state index >= 15 is 0 Å². The third-order valence-electron chi connectivity index (χ3n) is 1.05. The Hall–Kier alpha value is -1.80. The van der Waals surface area contributed by atoms with Gasteiger partial charge in [-0.1, -0.05) is 11.6 Å². The minimum absolute atomic E-state index is 0.0498. The van der Waals surface area contributed by atoms with E-state index in [0.29, 0.717) is 0 Å². The molecular weight excluding hydrogens is 192 g/mol. The lowest BCUT2D eigenvalue weighted by molar-refractivity contribution is -0.112. The van der Waals surface area contributed by atoms with Crippen LogP contribution in [0.3, 0.4) is 0 Å². The third-order valence-corrected chi connectivity index (χ3v) is 1.32. The molecule has 0 atom stereocenters. The monoisotopic (exact) mass is 196 g/mol. The zero-order chi connectivity index (χ0) is 9.84. The van der Waals surface area contributed by atoms with Gasteiger partial charge >= 0.3 is 0 Å². The highest BCUT2D eigenvalue weighted by Crippen LogP contribution is 2.09. The summed E-state index contributed by atoms with van der Waals surface area (Å²) in [5.74, 6) is 3.87. The SMILES string of the molecule is NC(=O)C#Cc1ncc(N)nc1Cl. The summed E-state index contributed by atoms with van der Waals surface area (Å²) in [5.41, 5.74) is 10.3. The smallest absolute Gasteiger partial charge is 0.293 e. The number of carbonyl (C=O) groups is 1. The molecule has 0 aliphatic rings. The van der Waals surface area contributed by atoms with Gasteiger partial charge in [0.05, 0.1) is 6.20 Å². The van der Waals surface area contributed by atoms with Crippen LogP contribution in [-0.4, -0.2) is 15.9 Å². The van der Waals surface area contributed by atoms with Crippen molar-refractivity contribution in [2.75, 3.05) is 5.73 Å². The fraction of sp³-hybridized carbons (Fsp3) is 0. The molecule has 6 heteroatoms. The molecule has 0 radical (unpaired) electrons. The molecule has 1 amide bonds. The number of carbonyl (C=O) groups excluding carboxylic acids is 1. The van der Waals surface area contributed by atoms with E-state index in [1.807, 2.05) is 0 Å². The number of amides is 1. The minimum Gasteiger partial charge on any atom is -0.382 e. The lowest BCUT2D eigenvalue weighted by atomic mass is 10.4. The van der Waals surface area contributed by atoms with E-state index in [2.05, 4.69) is 21.8 Å². The number of hydrogen-bond donors (Lipinski definition) is 2. The number of hydrogen-bond acceptors (Lipinski definition) is 4. The fourth-order valence-corrected chi connectivity index (χ4v) is 0.777. The minimum atomic E-state index is -0.755. The number of halogens is 1. The number of aromatic nitrogens is 2. The van der Waals surface area contributed by atoms with E-state index in [1.54, 1.807) is 0 Å². The van der Waals surface area contributed by atoms with Gasteiger partial charge in [0, 0.05) is 5.92 Å². The van der Waals surface area contributed by atoms with E-state index in [9.17, 15) is 4.79 Å². The number of primary amides is 1. The highest BCUT2D eigenvalue weighted by molar-refractivity contribution is 6.30. The zero-order valence-electron chi connectivity index (χ0n) is 6.41. The van der Waals surface area contributed by atoms with Crippen molar-refractivity contribution in [1.82, 2.24) is 9.97 Å². The van der Waals surface area contributed by atoms with Crippen molar-refractivity contribution in [1.29, 1.82) is 0 Å². The molecular formula is C7H5ClN4O. The van der Waals surface area contributed by atoms with Gasteiger partial charge in [-0.3, -0.25) is 4.79 Å². The van der Waals surface area contributed by atoms with E-state index < -0.39 is 5.91 Å². The summed E-state index contributed by atoms with van der Waals surface area (Å²) in [7, 11) is 0. The molecule has 0 saturated carbocycles. The van der Waals surface area contributed by atoms with Crippen LogP contribution >= 0.6 is 11.6 Å². The second kappa shape index (κ2) is 3.74. The lowest BCUT2D eigenvalue weighted by Crippen LogP contribution is -2.06. The maximum atomic E-state index is 10.3. The van der Waals surface area contributed by atoms with Crippen molar-refractivity contribution >= 4 is 23.3 Å². The number of nitrogens with two attached hydrogens (primary N) is 2. The average molecular weight is 197 g/mol. The van der Waals surface area contributed by atoms with E-state index in [1.165, 1.54) is 6.20 Å². The van der Waals surface area contributed by atoms with Crippen molar-refractivity contribution in [3.05, 3.63) is 17.0 Å². The molecule has 0 spiro atoms. The first kappa shape index (κ1) is 9.29. The fourth-order valence-electron chi connectivity index (χ4n) is 0.584. The van der Waals surface area contributed by atoms with Crippen molar-refractivity contribution in [2.45, 2.75) is 0 Å². The number of nitrogens with zero attached hydrogens (tertiary/aromatic N) is 2. The summed E-state index contributed by atoms with van der Waals surface area (Å²) >= 11 is 5.60. The quantitative estimate of drug-likeness (QED) is 0.550. The molecule has 0 fully saturated rings. The molecule has 1 rings (SSSR count). The van der Waals surface area contributed by atoms with Crippen LogP contribution in [0.1, 0.15) is 5.69 Å². The number of anilines is 1. The van der Waals surface area contributed by atoms with Gasteiger partial charge in [0.1, 0.15) is 5.82 Å². The Bertz CT molecular complexity index is 407. The molecule has 66 valence electrons. The molecule has 0 bridgehead atoms. The molecule has 5 nitrogen and oxygen atoms in total. The van der Waals surface area contributed by atoms with Crippen LogP contribution < -0.4 is 11.5 Å². The van der Waals surface area contributed by atoms with Crippen LogP contribution in [0.2, 0.25) is 5.15 Å². The Morgan fingerprint density at radius 2 is 2.31 bits per heavy atom. The van der Waals surface area contributed by atoms with Crippen LogP contribution in [0.25, 0.3) is 0 Å². The summed E-state index contributed by atoms with van der Waals surface area (Å²) in [6.45, 7) is 0. The molecule has 0 saturated heterocycles. The van der Waals surface area contributed by atoms with Gasteiger partial charge in [0.2, 0.25) is 0 Å². The first-order valence-corrected chi connectivity index (χ1v) is 3.57. The molecule has 1 aromatic rings. The van der Waals surface area contributed by atoms with Crippen molar-refractivity contribution in [3.63, 3.8) is 0 Å². The number of nitrogen functional groups attached to an aromatic ring is 1. The van der Waals surface area contributed by atoms with Gasteiger partial charge in [0.25, 0.3) is 5.91 Å². The van der Waals surface area contributed by atoms with Gasteiger partial charge in [-0.15, -0.1) is 0 Å². The molecule has 1 aromatic heterocycles. The molecule has 0 aliphatic heterocycles. The second-order valence-corrected chi connectivity index (χ2v) is 2.41. The van der Waals surface area contributed by atoms with Crippen molar-refractivity contribution in [3.8, 4) is 11.8 Å². The first-order valence-electron chi connectivity index (χ1n) is 3.19. The largest absolute Gasteiger partial charge is 0.382 e. The predicted molar refractivity (Wildman–Crippen MR) is 47.5 cm³/mol. The molecule has 4 N–H and O–H groups in total. The Morgan fingerprint density at radius 1 is 1.62 bits per heavy atom. The van der Waals surface area contributed by atoms with Crippen molar-refractivity contribution in [2.24, 2.45) is 5.73 Å². The van der Waals surface area contributed by atoms with Crippen LogP contribution in [0.5, 0.6) is 0 Å². The number of rotatable bonds is 0. The zero-order valence-corrected chi connectivity index (χ0v) is 7.17. The maximum absolute atomic E-state index is 10.3.